The van der Waals surface area contributed by atoms with Crippen LogP contribution in [0.1, 0.15) is 50.8 Å². The third kappa shape index (κ3) is 6.40. The predicted molar refractivity (Wildman–Crippen MR) is 163 cm³/mol. The van der Waals surface area contributed by atoms with E-state index in [2.05, 4.69) is 0 Å². The van der Waals surface area contributed by atoms with Crippen molar-refractivity contribution in [3.63, 3.8) is 0 Å². The number of phenols is 4. The molecule has 0 aliphatic heterocycles. The van der Waals surface area contributed by atoms with Gasteiger partial charge in [0.05, 0.1) is 28.7 Å². The molecule has 2 aromatic heterocycles. The molecular formula is C34H23NO10. The van der Waals surface area contributed by atoms with Crippen LogP contribution in [0, 0.1) is 11.3 Å². The van der Waals surface area contributed by atoms with Crippen molar-refractivity contribution in [2.45, 2.75) is 5.92 Å². The van der Waals surface area contributed by atoms with Crippen LogP contribution in [0.5, 0.6) is 34.5 Å². The fourth-order valence-corrected chi connectivity index (χ4v) is 4.59. The summed E-state index contributed by atoms with van der Waals surface area (Å²) < 4.78 is 10.8. The first-order valence-electron chi connectivity index (χ1n) is 13.2. The molecule has 45 heavy (non-hydrogen) atoms. The molecule has 2 heterocycles. The minimum atomic E-state index is -1.38. The molecule has 0 unspecified atom stereocenters. The van der Waals surface area contributed by atoms with Gasteiger partial charge in [-0.1, -0.05) is 36.4 Å². The molecule has 3 aromatic carbocycles. The first kappa shape index (κ1) is 29.8. The molecule has 11 heteroatoms. The second-order valence-electron chi connectivity index (χ2n) is 9.80. The Balaban J connectivity index is 1.58. The maximum absolute atomic E-state index is 13.3. The van der Waals surface area contributed by atoms with Gasteiger partial charge in [-0.25, -0.2) is 9.59 Å². The SMILES string of the molecule is N#Cc1ccc(C(c2c(O)cc(C=Cc3ccc(O)c(O)c3)oc2=O)c2c(O)cc(C=Cc3ccc(O)c(O)c3)oc2=O)cc1. The molecule has 0 amide bonds. The lowest BCUT2D eigenvalue weighted by atomic mass is 9.85. The Morgan fingerprint density at radius 1 is 0.556 bits per heavy atom. The third-order valence-electron chi connectivity index (χ3n) is 6.80. The summed E-state index contributed by atoms with van der Waals surface area (Å²) in [5.41, 5.74) is -1.40. The van der Waals surface area contributed by atoms with E-state index in [1.807, 2.05) is 6.07 Å². The topological polar surface area (TPSA) is 206 Å². The average Bonchev–Trinajstić information content (AvgIpc) is 3.01. The number of hydrogen-bond acceptors (Lipinski definition) is 11. The zero-order chi connectivity index (χ0) is 32.2. The molecule has 0 spiro atoms. The van der Waals surface area contributed by atoms with Gasteiger partial charge in [-0.2, -0.15) is 5.26 Å². The van der Waals surface area contributed by atoms with E-state index in [4.69, 9.17) is 8.83 Å². The van der Waals surface area contributed by atoms with E-state index in [-0.39, 0.29) is 56.8 Å². The lowest BCUT2D eigenvalue weighted by molar-refractivity contribution is 0.403. The minimum Gasteiger partial charge on any atom is -0.507 e. The smallest absolute Gasteiger partial charge is 0.344 e. The average molecular weight is 606 g/mol. The summed E-state index contributed by atoms with van der Waals surface area (Å²) in [6, 6.07) is 18.1. The number of hydrogen-bond donors (Lipinski definition) is 6. The normalized spacial score (nSPS) is 12.0. The van der Waals surface area contributed by atoms with Crippen LogP contribution in [-0.4, -0.2) is 30.6 Å². The molecule has 0 bridgehead atoms. The van der Waals surface area contributed by atoms with Gasteiger partial charge in [-0.15, -0.1) is 0 Å². The fraction of sp³-hybridized carbons (Fsp3) is 0.0294. The molecule has 5 rings (SSSR count). The molecule has 224 valence electrons. The van der Waals surface area contributed by atoms with E-state index in [0.717, 1.165) is 12.1 Å². The highest BCUT2D eigenvalue weighted by Crippen LogP contribution is 2.38. The van der Waals surface area contributed by atoms with Crippen molar-refractivity contribution in [3.8, 4) is 40.6 Å². The second-order valence-corrected chi connectivity index (χ2v) is 9.80. The maximum Gasteiger partial charge on any atom is 0.344 e. The molecule has 0 atom stereocenters. The summed E-state index contributed by atoms with van der Waals surface area (Å²) in [5, 5.41) is 69.7. The van der Waals surface area contributed by atoms with Crippen LogP contribution in [0.15, 0.2) is 91.2 Å². The maximum atomic E-state index is 13.3. The summed E-state index contributed by atoms with van der Waals surface area (Å²) in [6.45, 7) is 0. The molecule has 5 aromatic rings. The molecular weight excluding hydrogens is 582 g/mol. The molecule has 0 radical (unpaired) electrons. The van der Waals surface area contributed by atoms with Crippen LogP contribution in [0.25, 0.3) is 24.3 Å². The zero-order valence-corrected chi connectivity index (χ0v) is 23.1. The Morgan fingerprint density at radius 3 is 1.38 bits per heavy atom. The summed E-state index contributed by atoms with van der Waals surface area (Å²) in [7, 11) is 0. The monoisotopic (exact) mass is 605 g/mol. The van der Waals surface area contributed by atoms with Crippen molar-refractivity contribution in [2.75, 3.05) is 0 Å². The number of rotatable bonds is 7. The Labute approximate surface area is 254 Å². The molecule has 0 aliphatic carbocycles. The van der Waals surface area contributed by atoms with Crippen LogP contribution in [0.2, 0.25) is 0 Å². The van der Waals surface area contributed by atoms with Crippen LogP contribution >= 0.6 is 0 Å². The summed E-state index contributed by atoms with van der Waals surface area (Å²) in [4.78, 5) is 26.7. The van der Waals surface area contributed by atoms with Crippen molar-refractivity contribution in [3.05, 3.63) is 139 Å². The highest BCUT2D eigenvalue weighted by molar-refractivity contribution is 5.71. The summed E-state index contributed by atoms with van der Waals surface area (Å²) in [6.07, 6.45) is 5.60. The van der Waals surface area contributed by atoms with E-state index in [0.29, 0.717) is 11.1 Å². The molecule has 0 saturated carbocycles. The van der Waals surface area contributed by atoms with Gasteiger partial charge in [0.1, 0.15) is 23.0 Å². The Bertz CT molecular complexity index is 2010. The van der Waals surface area contributed by atoms with Crippen molar-refractivity contribution in [2.24, 2.45) is 0 Å². The van der Waals surface area contributed by atoms with Crippen molar-refractivity contribution >= 4 is 24.3 Å². The van der Waals surface area contributed by atoms with Gasteiger partial charge in [-0.3, -0.25) is 0 Å². The van der Waals surface area contributed by atoms with Gasteiger partial charge in [0.15, 0.2) is 23.0 Å². The predicted octanol–water partition coefficient (Wildman–Crippen LogP) is 5.22. The van der Waals surface area contributed by atoms with Gasteiger partial charge < -0.3 is 39.5 Å². The van der Waals surface area contributed by atoms with Crippen LogP contribution in [0.3, 0.4) is 0 Å². The van der Waals surface area contributed by atoms with E-state index in [1.165, 1.54) is 85.0 Å². The van der Waals surface area contributed by atoms with Gasteiger partial charge in [-0.05, 0) is 65.2 Å². The Kier molecular flexibility index (Phi) is 8.14. The van der Waals surface area contributed by atoms with Gasteiger partial charge in [0.25, 0.3) is 0 Å². The third-order valence-corrected chi connectivity index (χ3v) is 6.80. The number of benzene rings is 3. The standard InChI is InChI=1S/C34H23NO10/c35-17-20-1-7-21(8-2-20)30(31-28(40)15-22(44-33(31)42)9-3-18-5-11-24(36)26(38)13-18)32-29(41)16-23(45-34(32)43)10-4-19-6-12-25(37)27(39)14-19/h1-16,30,36-41H. The van der Waals surface area contributed by atoms with Crippen LogP contribution in [-0.2, 0) is 0 Å². The lowest BCUT2D eigenvalue weighted by Gasteiger charge is -2.18. The zero-order valence-electron chi connectivity index (χ0n) is 23.1. The van der Waals surface area contributed by atoms with Gasteiger partial charge >= 0.3 is 11.3 Å². The fourth-order valence-electron chi connectivity index (χ4n) is 4.59. The van der Waals surface area contributed by atoms with Crippen molar-refractivity contribution in [1.82, 2.24) is 0 Å². The molecule has 6 N–H and O–H groups in total. The van der Waals surface area contributed by atoms with E-state index in [9.17, 15) is 45.5 Å². The first-order chi connectivity index (χ1) is 21.5. The van der Waals surface area contributed by atoms with Crippen molar-refractivity contribution in [1.29, 1.82) is 5.26 Å². The number of aromatic hydroxyl groups is 6. The van der Waals surface area contributed by atoms with Gasteiger partial charge in [0, 0.05) is 12.1 Å². The summed E-state index contributed by atoms with van der Waals surface area (Å²) >= 11 is 0. The molecule has 0 fully saturated rings. The second kappa shape index (κ2) is 12.3. The first-order valence-corrected chi connectivity index (χ1v) is 13.2. The number of phenolic OH excluding ortho intramolecular Hbond substituents is 4. The van der Waals surface area contributed by atoms with E-state index >= 15 is 0 Å². The van der Waals surface area contributed by atoms with E-state index in [1.54, 1.807) is 0 Å². The Morgan fingerprint density at radius 2 is 1.00 bits per heavy atom. The van der Waals surface area contributed by atoms with Gasteiger partial charge in [0.2, 0.25) is 0 Å². The summed E-state index contributed by atoms with van der Waals surface area (Å²) in [5.74, 6) is -4.03. The minimum absolute atomic E-state index is 0.0793. The molecule has 11 nitrogen and oxygen atoms in total. The largest absolute Gasteiger partial charge is 0.507 e. The lowest BCUT2D eigenvalue weighted by Crippen LogP contribution is -2.21. The Hall–Kier alpha value is -6.67. The number of nitrogens with zero attached hydrogens (tertiary/aromatic N) is 1. The quantitative estimate of drug-likeness (QED) is 0.133. The van der Waals surface area contributed by atoms with E-state index < -0.39 is 28.7 Å². The molecule has 0 saturated heterocycles. The van der Waals surface area contributed by atoms with Crippen LogP contribution < -0.4 is 11.3 Å². The highest BCUT2D eigenvalue weighted by atomic mass is 16.4. The van der Waals surface area contributed by atoms with Crippen LogP contribution in [0.4, 0.5) is 0 Å². The molecule has 0 aliphatic rings. The highest BCUT2D eigenvalue weighted by Gasteiger charge is 2.31. The number of nitriles is 1. The van der Waals surface area contributed by atoms with Crippen molar-refractivity contribution < 1.29 is 39.5 Å².